The second kappa shape index (κ2) is 5.00. The van der Waals surface area contributed by atoms with Crippen LogP contribution in [0, 0.1) is 6.92 Å². The van der Waals surface area contributed by atoms with Crippen LogP contribution in [0.2, 0.25) is 0 Å². The molecule has 1 aliphatic heterocycles. The Hall–Kier alpha value is -2.30. The number of anilines is 1. The van der Waals surface area contributed by atoms with Crippen molar-refractivity contribution in [2.45, 2.75) is 6.92 Å². The van der Waals surface area contributed by atoms with Crippen LogP contribution in [-0.4, -0.2) is 37.6 Å². The van der Waals surface area contributed by atoms with Crippen molar-refractivity contribution < 1.29 is 9.53 Å². The molecule has 3 rings (SSSR count). The number of carbonyl (C=O) groups excluding carboxylic acids is 1. The number of ether oxygens (including phenoxy) is 1. The van der Waals surface area contributed by atoms with Crippen LogP contribution in [0.1, 0.15) is 5.56 Å². The highest BCUT2D eigenvalue weighted by atomic mass is 16.5. The molecule has 1 fully saturated rings. The Morgan fingerprint density at radius 2 is 2.20 bits per heavy atom. The summed E-state index contributed by atoms with van der Waals surface area (Å²) in [6.07, 6.45) is 0. The van der Waals surface area contributed by atoms with Crippen molar-refractivity contribution >= 4 is 22.6 Å². The van der Waals surface area contributed by atoms with Gasteiger partial charge in [-0.15, -0.1) is 0 Å². The minimum Gasteiger partial charge on any atom is -0.497 e. The SMILES string of the molecule is COc1ccc2c(C)cc(N3CCNC(=O)C3)nc2c1. The van der Waals surface area contributed by atoms with E-state index in [1.165, 1.54) is 0 Å². The fourth-order valence-electron chi connectivity index (χ4n) is 2.49. The number of fused-ring (bicyclic) bond motifs is 1. The third-order valence-corrected chi connectivity index (χ3v) is 3.57. The number of rotatable bonds is 2. The molecule has 0 atom stereocenters. The molecule has 1 saturated heterocycles. The van der Waals surface area contributed by atoms with Gasteiger partial charge >= 0.3 is 0 Å². The second-order valence-electron chi connectivity index (χ2n) is 4.95. The summed E-state index contributed by atoms with van der Waals surface area (Å²) in [5.41, 5.74) is 2.05. The number of amides is 1. The molecular formula is C15H17N3O2. The average Bonchev–Trinajstić information content (AvgIpc) is 2.46. The number of piperazine rings is 1. The zero-order valence-electron chi connectivity index (χ0n) is 11.6. The lowest BCUT2D eigenvalue weighted by Gasteiger charge is -2.28. The standard InChI is InChI=1S/C15H17N3O2/c1-10-7-14(18-6-5-16-15(19)9-18)17-13-8-11(20-2)3-4-12(10)13/h3-4,7-8H,5-6,9H2,1-2H3,(H,16,19). The Labute approximate surface area is 117 Å². The van der Waals surface area contributed by atoms with Crippen LogP contribution in [0.4, 0.5) is 5.82 Å². The number of methoxy groups -OCH3 is 1. The third-order valence-electron chi connectivity index (χ3n) is 3.57. The van der Waals surface area contributed by atoms with Gasteiger partial charge in [-0.1, -0.05) is 0 Å². The zero-order valence-corrected chi connectivity index (χ0v) is 11.6. The quantitative estimate of drug-likeness (QED) is 0.899. The Morgan fingerprint density at radius 1 is 1.35 bits per heavy atom. The van der Waals surface area contributed by atoms with Gasteiger partial charge in [0.05, 0.1) is 19.2 Å². The van der Waals surface area contributed by atoms with Crippen LogP contribution in [0.3, 0.4) is 0 Å². The van der Waals surface area contributed by atoms with Gasteiger partial charge in [0.2, 0.25) is 5.91 Å². The number of pyridine rings is 1. The molecule has 0 unspecified atom stereocenters. The molecule has 1 amide bonds. The molecule has 1 N–H and O–H groups in total. The lowest BCUT2D eigenvalue weighted by Crippen LogP contribution is -2.48. The molecule has 1 aliphatic rings. The molecule has 0 spiro atoms. The Kier molecular flexibility index (Phi) is 3.18. The Morgan fingerprint density at radius 3 is 2.95 bits per heavy atom. The summed E-state index contributed by atoms with van der Waals surface area (Å²) in [7, 11) is 1.65. The maximum atomic E-state index is 11.5. The van der Waals surface area contributed by atoms with Crippen LogP contribution in [-0.2, 0) is 4.79 Å². The van der Waals surface area contributed by atoms with Gasteiger partial charge in [-0.2, -0.15) is 0 Å². The van der Waals surface area contributed by atoms with Crippen LogP contribution in [0.25, 0.3) is 10.9 Å². The van der Waals surface area contributed by atoms with Crippen LogP contribution in [0.15, 0.2) is 24.3 Å². The van der Waals surface area contributed by atoms with Gasteiger partial charge in [-0.25, -0.2) is 4.98 Å². The molecule has 1 aromatic carbocycles. The van der Waals surface area contributed by atoms with Crippen molar-refractivity contribution in [1.29, 1.82) is 0 Å². The molecule has 0 radical (unpaired) electrons. The third kappa shape index (κ3) is 2.27. The predicted molar refractivity (Wildman–Crippen MR) is 78.3 cm³/mol. The first-order chi connectivity index (χ1) is 9.67. The number of nitrogens with one attached hydrogen (secondary N) is 1. The summed E-state index contributed by atoms with van der Waals surface area (Å²) >= 11 is 0. The second-order valence-corrected chi connectivity index (χ2v) is 4.95. The van der Waals surface area contributed by atoms with E-state index < -0.39 is 0 Å². The van der Waals surface area contributed by atoms with Gasteiger partial charge in [-0.3, -0.25) is 4.79 Å². The minimum absolute atomic E-state index is 0.0430. The van der Waals surface area contributed by atoms with Crippen LogP contribution >= 0.6 is 0 Å². The maximum Gasteiger partial charge on any atom is 0.239 e. The molecule has 5 heteroatoms. The molecule has 5 nitrogen and oxygen atoms in total. The Bertz CT molecular complexity index is 669. The fraction of sp³-hybridized carbons (Fsp3) is 0.333. The van der Waals surface area contributed by atoms with Gasteiger partial charge < -0.3 is 15.0 Å². The Balaban J connectivity index is 2.05. The summed E-state index contributed by atoms with van der Waals surface area (Å²) < 4.78 is 5.25. The van der Waals surface area contributed by atoms with E-state index in [1.807, 2.05) is 29.2 Å². The van der Waals surface area contributed by atoms with E-state index in [2.05, 4.69) is 17.2 Å². The van der Waals surface area contributed by atoms with E-state index in [-0.39, 0.29) is 5.91 Å². The molecule has 2 heterocycles. The smallest absolute Gasteiger partial charge is 0.239 e. The van der Waals surface area contributed by atoms with Crippen LogP contribution in [0.5, 0.6) is 5.75 Å². The summed E-state index contributed by atoms with van der Waals surface area (Å²) in [6, 6.07) is 7.91. The number of nitrogens with zero attached hydrogens (tertiary/aromatic N) is 2. The molecule has 0 saturated carbocycles. The van der Waals surface area contributed by atoms with Gasteiger partial charge in [0.15, 0.2) is 0 Å². The number of benzene rings is 1. The first kappa shape index (κ1) is 12.7. The molecule has 0 bridgehead atoms. The fourth-order valence-corrected chi connectivity index (χ4v) is 2.49. The lowest BCUT2D eigenvalue weighted by molar-refractivity contribution is -0.120. The monoisotopic (exact) mass is 271 g/mol. The highest BCUT2D eigenvalue weighted by Gasteiger charge is 2.18. The largest absolute Gasteiger partial charge is 0.497 e. The molecule has 1 aromatic heterocycles. The maximum absolute atomic E-state index is 11.5. The van der Waals surface area contributed by atoms with Crippen molar-refractivity contribution in [3.63, 3.8) is 0 Å². The summed E-state index contributed by atoms with van der Waals surface area (Å²) in [5, 5.41) is 3.93. The number of hydrogen-bond acceptors (Lipinski definition) is 4. The zero-order chi connectivity index (χ0) is 14.1. The van der Waals surface area contributed by atoms with E-state index in [9.17, 15) is 4.79 Å². The molecular weight excluding hydrogens is 254 g/mol. The first-order valence-corrected chi connectivity index (χ1v) is 6.64. The molecule has 104 valence electrons. The number of aromatic nitrogens is 1. The van der Waals surface area contributed by atoms with E-state index in [4.69, 9.17) is 4.74 Å². The van der Waals surface area contributed by atoms with Gasteiger partial charge in [-0.05, 0) is 30.7 Å². The van der Waals surface area contributed by atoms with E-state index in [0.717, 1.165) is 34.6 Å². The highest BCUT2D eigenvalue weighted by Crippen LogP contribution is 2.26. The predicted octanol–water partition coefficient (Wildman–Crippen LogP) is 1.49. The van der Waals surface area contributed by atoms with E-state index in [0.29, 0.717) is 13.1 Å². The summed E-state index contributed by atoms with van der Waals surface area (Å²) in [5.74, 6) is 1.68. The van der Waals surface area contributed by atoms with Gasteiger partial charge in [0, 0.05) is 24.5 Å². The van der Waals surface area contributed by atoms with Crippen molar-refractivity contribution in [1.82, 2.24) is 10.3 Å². The van der Waals surface area contributed by atoms with Crippen molar-refractivity contribution in [3.05, 3.63) is 29.8 Å². The topological polar surface area (TPSA) is 54.5 Å². The number of carbonyl (C=O) groups is 1. The molecule has 2 aromatic rings. The van der Waals surface area contributed by atoms with Gasteiger partial charge in [0.25, 0.3) is 0 Å². The molecule has 0 aliphatic carbocycles. The van der Waals surface area contributed by atoms with E-state index >= 15 is 0 Å². The van der Waals surface area contributed by atoms with Crippen molar-refractivity contribution in [2.75, 3.05) is 31.6 Å². The summed E-state index contributed by atoms with van der Waals surface area (Å²) in [4.78, 5) is 18.2. The summed E-state index contributed by atoms with van der Waals surface area (Å²) in [6.45, 7) is 3.87. The minimum atomic E-state index is 0.0430. The number of aryl methyl sites for hydroxylation is 1. The van der Waals surface area contributed by atoms with Gasteiger partial charge in [0.1, 0.15) is 11.6 Å². The average molecular weight is 271 g/mol. The normalized spacial score (nSPS) is 15.3. The van der Waals surface area contributed by atoms with Crippen LogP contribution < -0.4 is 15.0 Å². The molecule has 20 heavy (non-hydrogen) atoms. The lowest BCUT2D eigenvalue weighted by atomic mass is 10.1. The highest BCUT2D eigenvalue weighted by molar-refractivity contribution is 5.87. The van der Waals surface area contributed by atoms with E-state index in [1.54, 1.807) is 7.11 Å². The van der Waals surface area contributed by atoms with Crippen molar-refractivity contribution in [2.24, 2.45) is 0 Å². The first-order valence-electron chi connectivity index (χ1n) is 6.64. The van der Waals surface area contributed by atoms with Crippen molar-refractivity contribution in [3.8, 4) is 5.75 Å². The number of hydrogen-bond donors (Lipinski definition) is 1.